The zero-order valence-electron chi connectivity index (χ0n) is 10.8. The van der Waals surface area contributed by atoms with Gasteiger partial charge < -0.3 is 15.3 Å². The van der Waals surface area contributed by atoms with E-state index in [4.69, 9.17) is 11.6 Å². The maximum atomic E-state index is 12.6. The standard InChI is InChI=1S/C14H17ClN2O2/c1-8-12-6-16-5-9(12)7-17(8)14(19)11-4-10(18)2-3-13(11)15/h2-4,8-9,12,16,18H,5-7H2,1H3. The van der Waals surface area contributed by atoms with Gasteiger partial charge in [0.2, 0.25) is 0 Å². The summed E-state index contributed by atoms with van der Waals surface area (Å²) in [5, 5.41) is 13.3. The van der Waals surface area contributed by atoms with Crippen molar-refractivity contribution in [2.75, 3.05) is 19.6 Å². The van der Waals surface area contributed by atoms with E-state index in [9.17, 15) is 9.90 Å². The maximum absolute atomic E-state index is 12.6. The van der Waals surface area contributed by atoms with Crippen LogP contribution in [0.2, 0.25) is 5.02 Å². The van der Waals surface area contributed by atoms with Crippen LogP contribution in [-0.2, 0) is 0 Å². The van der Waals surface area contributed by atoms with Crippen LogP contribution in [0.25, 0.3) is 0 Å². The fraction of sp³-hybridized carbons (Fsp3) is 0.500. The summed E-state index contributed by atoms with van der Waals surface area (Å²) in [6.07, 6.45) is 0. The molecule has 2 aliphatic heterocycles. The lowest BCUT2D eigenvalue weighted by molar-refractivity contribution is 0.0728. The van der Waals surface area contributed by atoms with E-state index in [1.165, 1.54) is 12.1 Å². The third kappa shape index (κ3) is 2.09. The summed E-state index contributed by atoms with van der Waals surface area (Å²) < 4.78 is 0. The summed E-state index contributed by atoms with van der Waals surface area (Å²) in [6.45, 7) is 4.81. The number of aromatic hydroxyl groups is 1. The Labute approximate surface area is 117 Å². The van der Waals surface area contributed by atoms with Crippen LogP contribution in [0.4, 0.5) is 0 Å². The van der Waals surface area contributed by atoms with Gasteiger partial charge in [-0.15, -0.1) is 0 Å². The zero-order valence-corrected chi connectivity index (χ0v) is 11.5. The molecule has 2 aliphatic rings. The number of likely N-dealkylation sites (tertiary alicyclic amines) is 1. The van der Waals surface area contributed by atoms with Gasteiger partial charge in [-0.05, 0) is 37.0 Å². The molecule has 3 unspecified atom stereocenters. The summed E-state index contributed by atoms with van der Waals surface area (Å²) in [7, 11) is 0. The quantitative estimate of drug-likeness (QED) is 0.824. The van der Waals surface area contributed by atoms with E-state index >= 15 is 0 Å². The lowest BCUT2D eigenvalue weighted by Crippen LogP contribution is -2.38. The molecular weight excluding hydrogens is 264 g/mol. The molecule has 19 heavy (non-hydrogen) atoms. The van der Waals surface area contributed by atoms with E-state index < -0.39 is 0 Å². The third-order valence-electron chi connectivity index (χ3n) is 4.38. The summed E-state index contributed by atoms with van der Waals surface area (Å²) in [5.74, 6) is 1.05. The molecule has 2 saturated heterocycles. The van der Waals surface area contributed by atoms with Crippen molar-refractivity contribution < 1.29 is 9.90 Å². The van der Waals surface area contributed by atoms with Gasteiger partial charge in [-0.2, -0.15) is 0 Å². The molecule has 3 rings (SSSR count). The molecule has 1 aromatic rings. The van der Waals surface area contributed by atoms with Crippen molar-refractivity contribution in [3.63, 3.8) is 0 Å². The first-order chi connectivity index (χ1) is 9.08. The number of hydrogen-bond acceptors (Lipinski definition) is 3. The van der Waals surface area contributed by atoms with Crippen molar-refractivity contribution in [1.29, 1.82) is 0 Å². The molecule has 3 atom stereocenters. The number of hydrogen-bond donors (Lipinski definition) is 2. The number of halogens is 1. The lowest BCUT2D eigenvalue weighted by atomic mass is 9.95. The van der Waals surface area contributed by atoms with Gasteiger partial charge in [-0.25, -0.2) is 0 Å². The highest BCUT2D eigenvalue weighted by atomic mass is 35.5. The predicted octanol–water partition coefficient (Wildman–Crippen LogP) is 1.73. The van der Waals surface area contributed by atoms with Crippen LogP contribution in [0.15, 0.2) is 18.2 Å². The highest BCUT2D eigenvalue weighted by Crippen LogP contribution is 2.34. The topological polar surface area (TPSA) is 52.6 Å². The molecule has 4 nitrogen and oxygen atoms in total. The van der Waals surface area contributed by atoms with Crippen LogP contribution in [0.1, 0.15) is 17.3 Å². The molecule has 102 valence electrons. The van der Waals surface area contributed by atoms with Gasteiger partial charge in [0.05, 0.1) is 10.6 Å². The summed E-state index contributed by atoms with van der Waals surface area (Å²) in [4.78, 5) is 14.5. The molecule has 1 aromatic carbocycles. The number of amides is 1. The van der Waals surface area contributed by atoms with Gasteiger partial charge in [0.15, 0.2) is 0 Å². The molecule has 1 amide bonds. The average molecular weight is 281 g/mol. The van der Waals surface area contributed by atoms with Crippen LogP contribution in [0, 0.1) is 11.8 Å². The molecule has 2 heterocycles. The molecule has 0 radical (unpaired) electrons. The summed E-state index contributed by atoms with van der Waals surface area (Å²) in [6, 6.07) is 4.72. The second-order valence-corrected chi connectivity index (χ2v) is 5.85. The SMILES string of the molecule is CC1C2CNCC2CN1C(=O)c1cc(O)ccc1Cl. The Balaban J connectivity index is 1.86. The van der Waals surface area contributed by atoms with E-state index in [0.29, 0.717) is 22.4 Å². The largest absolute Gasteiger partial charge is 0.508 e. The molecule has 0 spiro atoms. The number of phenols is 1. The average Bonchev–Trinajstić information content (AvgIpc) is 2.95. The highest BCUT2D eigenvalue weighted by Gasteiger charge is 2.44. The van der Waals surface area contributed by atoms with Crippen molar-refractivity contribution in [3.8, 4) is 5.75 Å². The van der Waals surface area contributed by atoms with Crippen LogP contribution in [0.3, 0.4) is 0 Å². The van der Waals surface area contributed by atoms with Crippen LogP contribution < -0.4 is 5.32 Å². The Morgan fingerprint density at radius 3 is 3.00 bits per heavy atom. The van der Waals surface area contributed by atoms with Crippen molar-refractivity contribution in [1.82, 2.24) is 10.2 Å². The number of nitrogens with zero attached hydrogens (tertiary/aromatic N) is 1. The Bertz CT molecular complexity index is 520. The Kier molecular flexibility index (Phi) is 3.15. The molecule has 2 N–H and O–H groups in total. The number of rotatable bonds is 1. The first kappa shape index (κ1) is 12.8. The molecule has 0 saturated carbocycles. The molecular formula is C14H17ClN2O2. The highest BCUT2D eigenvalue weighted by molar-refractivity contribution is 6.33. The van der Waals surface area contributed by atoms with Crippen molar-refractivity contribution >= 4 is 17.5 Å². The molecule has 0 aromatic heterocycles. The number of carbonyl (C=O) groups excluding carboxylic acids is 1. The van der Waals surface area contributed by atoms with E-state index in [1.54, 1.807) is 6.07 Å². The van der Waals surface area contributed by atoms with E-state index in [1.807, 2.05) is 4.90 Å². The fourth-order valence-corrected chi connectivity index (χ4v) is 3.47. The van der Waals surface area contributed by atoms with Crippen LogP contribution in [-0.4, -0.2) is 41.6 Å². The monoisotopic (exact) mass is 280 g/mol. The molecule has 0 bridgehead atoms. The van der Waals surface area contributed by atoms with Gasteiger partial charge in [-0.3, -0.25) is 4.79 Å². The number of nitrogens with one attached hydrogen (secondary N) is 1. The zero-order chi connectivity index (χ0) is 13.6. The van der Waals surface area contributed by atoms with Gasteiger partial charge in [0.25, 0.3) is 5.91 Å². The number of phenolic OH excluding ortho intramolecular Hbond substituents is 1. The molecule has 0 aliphatic carbocycles. The van der Waals surface area contributed by atoms with Crippen molar-refractivity contribution in [3.05, 3.63) is 28.8 Å². The fourth-order valence-electron chi connectivity index (χ4n) is 3.27. The van der Waals surface area contributed by atoms with Crippen LogP contribution in [0.5, 0.6) is 5.75 Å². The Morgan fingerprint density at radius 2 is 2.26 bits per heavy atom. The normalized spacial score (nSPS) is 29.6. The van der Waals surface area contributed by atoms with Gasteiger partial charge >= 0.3 is 0 Å². The third-order valence-corrected chi connectivity index (χ3v) is 4.71. The second-order valence-electron chi connectivity index (χ2n) is 5.44. The molecule has 5 heteroatoms. The minimum absolute atomic E-state index is 0.0708. The second kappa shape index (κ2) is 4.69. The van der Waals surface area contributed by atoms with Gasteiger partial charge in [-0.1, -0.05) is 11.6 Å². The van der Waals surface area contributed by atoms with Crippen molar-refractivity contribution in [2.45, 2.75) is 13.0 Å². The van der Waals surface area contributed by atoms with E-state index in [0.717, 1.165) is 19.6 Å². The smallest absolute Gasteiger partial charge is 0.255 e. The number of benzene rings is 1. The Morgan fingerprint density at radius 1 is 1.47 bits per heavy atom. The first-order valence-corrected chi connectivity index (χ1v) is 6.96. The summed E-state index contributed by atoms with van der Waals surface area (Å²) in [5.41, 5.74) is 0.390. The van der Waals surface area contributed by atoms with E-state index in [-0.39, 0.29) is 17.7 Å². The minimum Gasteiger partial charge on any atom is -0.508 e. The molecule has 2 fully saturated rings. The maximum Gasteiger partial charge on any atom is 0.255 e. The minimum atomic E-state index is -0.0807. The number of carbonyl (C=O) groups is 1. The number of fused-ring (bicyclic) bond motifs is 1. The van der Waals surface area contributed by atoms with Gasteiger partial charge in [0, 0.05) is 25.7 Å². The Hall–Kier alpha value is -1.26. The lowest BCUT2D eigenvalue weighted by Gasteiger charge is -2.25. The predicted molar refractivity (Wildman–Crippen MR) is 73.5 cm³/mol. The van der Waals surface area contributed by atoms with Crippen molar-refractivity contribution in [2.24, 2.45) is 11.8 Å². The first-order valence-electron chi connectivity index (χ1n) is 6.58. The van der Waals surface area contributed by atoms with Crippen LogP contribution >= 0.6 is 11.6 Å². The van der Waals surface area contributed by atoms with E-state index in [2.05, 4.69) is 12.2 Å². The summed E-state index contributed by atoms with van der Waals surface area (Å²) >= 11 is 6.07. The van der Waals surface area contributed by atoms with Gasteiger partial charge in [0.1, 0.15) is 5.75 Å².